The quantitative estimate of drug-likeness (QED) is 0.812. The number of oxime groups is 1. The number of likely N-dealkylation sites (tertiary alicyclic amines) is 1. The van der Waals surface area contributed by atoms with Crippen molar-refractivity contribution in [1.29, 1.82) is 0 Å². The summed E-state index contributed by atoms with van der Waals surface area (Å²) in [5, 5.41) is 8.60. The summed E-state index contributed by atoms with van der Waals surface area (Å²) in [6.07, 6.45) is 8.82. The highest BCUT2D eigenvalue weighted by Gasteiger charge is 2.27. The van der Waals surface area contributed by atoms with Gasteiger partial charge in [-0.25, -0.2) is 0 Å². The van der Waals surface area contributed by atoms with Crippen molar-refractivity contribution in [2.45, 2.75) is 38.3 Å². The van der Waals surface area contributed by atoms with Crippen LogP contribution in [0.5, 0.6) is 0 Å². The molecule has 0 aliphatic carbocycles. The molecule has 0 amide bonds. The molecule has 0 N–H and O–H groups in total. The van der Waals surface area contributed by atoms with Crippen molar-refractivity contribution in [1.82, 2.24) is 14.7 Å². The third-order valence-corrected chi connectivity index (χ3v) is 5.33. The number of hydrogen-bond acceptors (Lipinski definition) is 4. The van der Waals surface area contributed by atoms with E-state index in [-0.39, 0.29) is 6.10 Å². The molecule has 5 nitrogen and oxygen atoms in total. The topological polar surface area (TPSA) is 42.6 Å². The fourth-order valence-corrected chi connectivity index (χ4v) is 3.82. The van der Waals surface area contributed by atoms with Crippen LogP contribution >= 0.6 is 0 Å². The van der Waals surface area contributed by atoms with E-state index in [2.05, 4.69) is 45.6 Å². The zero-order chi connectivity index (χ0) is 16.9. The Labute approximate surface area is 149 Å². The van der Waals surface area contributed by atoms with Crippen LogP contribution in [-0.4, -0.2) is 46.1 Å². The summed E-state index contributed by atoms with van der Waals surface area (Å²) in [4.78, 5) is 8.22. The highest BCUT2D eigenvalue weighted by molar-refractivity contribution is 6.01. The van der Waals surface area contributed by atoms with Gasteiger partial charge in [0.15, 0.2) is 0 Å². The van der Waals surface area contributed by atoms with Gasteiger partial charge < -0.3 is 4.84 Å². The monoisotopic (exact) mass is 338 g/mol. The lowest BCUT2D eigenvalue weighted by Gasteiger charge is -2.32. The summed E-state index contributed by atoms with van der Waals surface area (Å²) < 4.78 is 2.04. The first kappa shape index (κ1) is 16.3. The average Bonchev–Trinajstić information content (AvgIpc) is 3.34. The molecule has 2 aliphatic heterocycles. The number of hydrogen-bond donors (Lipinski definition) is 0. The van der Waals surface area contributed by atoms with Crippen LogP contribution in [0.25, 0.3) is 0 Å². The Morgan fingerprint density at radius 1 is 1.08 bits per heavy atom. The molecule has 25 heavy (non-hydrogen) atoms. The first-order valence-corrected chi connectivity index (χ1v) is 9.35. The molecule has 1 aromatic carbocycles. The summed E-state index contributed by atoms with van der Waals surface area (Å²) in [6, 6.07) is 12.4. The van der Waals surface area contributed by atoms with Crippen LogP contribution in [0.3, 0.4) is 0 Å². The lowest BCUT2D eigenvalue weighted by Crippen LogP contribution is -2.39. The van der Waals surface area contributed by atoms with Gasteiger partial charge in [-0.3, -0.25) is 9.58 Å². The Balaban J connectivity index is 1.18. The molecule has 0 radical (unpaired) electrons. The molecule has 4 rings (SSSR count). The van der Waals surface area contributed by atoms with Crippen molar-refractivity contribution in [3.8, 4) is 0 Å². The number of benzene rings is 1. The maximum atomic E-state index is 5.68. The van der Waals surface area contributed by atoms with E-state index in [0.29, 0.717) is 0 Å². The summed E-state index contributed by atoms with van der Waals surface area (Å²) in [5.41, 5.74) is 2.27. The fourth-order valence-electron chi connectivity index (χ4n) is 3.82. The van der Waals surface area contributed by atoms with E-state index in [0.717, 1.165) is 31.1 Å². The van der Waals surface area contributed by atoms with E-state index in [4.69, 9.17) is 4.84 Å². The third-order valence-electron chi connectivity index (χ3n) is 5.33. The second-order valence-electron chi connectivity index (χ2n) is 7.14. The molecule has 1 saturated heterocycles. The smallest absolute Gasteiger partial charge is 0.145 e. The fraction of sp³-hybridized carbons (Fsp3) is 0.500. The Kier molecular flexibility index (Phi) is 5.11. The molecule has 1 fully saturated rings. The molecule has 5 heteroatoms. The molecular weight excluding hydrogens is 312 g/mol. The number of piperidine rings is 1. The van der Waals surface area contributed by atoms with E-state index in [1.54, 1.807) is 0 Å². The van der Waals surface area contributed by atoms with Gasteiger partial charge in [-0.05, 0) is 49.9 Å². The molecule has 1 unspecified atom stereocenters. The predicted octanol–water partition coefficient (Wildman–Crippen LogP) is 3.18. The minimum atomic E-state index is 0.204. The molecule has 1 aromatic heterocycles. The molecule has 0 spiro atoms. The number of nitrogens with zero attached hydrogens (tertiary/aromatic N) is 4. The van der Waals surface area contributed by atoms with E-state index in [9.17, 15) is 0 Å². The van der Waals surface area contributed by atoms with Crippen molar-refractivity contribution < 1.29 is 4.84 Å². The Morgan fingerprint density at radius 3 is 2.68 bits per heavy atom. The van der Waals surface area contributed by atoms with Crippen molar-refractivity contribution in [2.75, 3.05) is 19.6 Å². The highest BCUT2D eigenvalue weighted by atomic mass is 16.6. The zero-order valence-electron chi connectivity index (χ0n) is 14.6. The van der Waals surface area contributed by atoms with Crippen LogP contribution in [0, 0.1) is 5.92 Å². The number of rotatable bonds is 6. The van der Waals surface area contributed by atoms with Crippen LogP contribution in [0.1, 0.15) is 31.2 Å². The standard InChI is InChI=1S/C20H26N4O/c1-2-5-18(6-3-1)20-15-19(25-22-20)16-23-12-7-17(8-13-23)9-14-24-11-4-10-21-24/h1-6,10-11,17,19H,7-9,12-16H2. The van der Waals surface area contributed by atoms with Gasteiger partial charge in [-0.1, -0.05) is 35.5 Å². The van der Waals surface area contributed by atoms with Gasteiger partial charge in [0.25, 0.3) is 0 Å². The van der Waals surface area contributed by atoms with Gasteiger partial charge in [0, 0.05) is 31.9 Å². The average molecular weight is 338 g/mol. The van der Waals surface area contributed by atoms with Gasteiger partial charge in [0.1, 0.15) is 6.10 Å². The van der Waals surface area contributed by atoms with Crippen molar-refractivity contribution in [3.05, 3.63) is 54.4 Å². The number of aromatic nitrogens is 2. The summed E-state index contributed by atoms with van der Waals surface area (Å²) in [7, 11) is 0. The lowest BCUT2D eigenvalue weighted by atomic mass is 9.93. The van der Waals surface area contributed by atoms with Crippen LogP contribution in [-0.2, 0) is 11.4 Å². The minimum Gasteiger partial charge on any atom is -0.390 e. The first-order valence-electron chi connectivity index (χ1n) is 9.35. The van der Waals surface area contributed by atoms with Crippen LogP contribution < -0.4 is 0 Å². The van der Waals surface area contributed by atoms with Gasteiger partial charge in [0.05, 0.1) is 5.71 Å². The third kappa shape index (κ3) is 4.28. The Bertz CT molecular complexity index is 675. The second kappa shape index (κ2) is 7.83. The summed E-state index contributed by atoms with van der Waals surface area (Å²) in [6.45, 7) is 4.37. The lowest BCUT2D eigenvalue weighted by molar-refractivity contribution is 0.0411. The molecule has 2 aromatic rings. The first-order chi connectivity index (χ1) is 12.4. The minimum absolute atomic E-state index is 0.204. The SMILES string of the molecule is c1ccc(C2=NOC(CN3CCC(CCn4cccn4)CC3)C2)cc1. The Hall–Kier alpha value is -2.14. The normalized spacial score (nSPS) is 21.9. The molecule has 0 bridgehead atoms. The van der Waals surface area contributed by atoms with Crippen LogP contribution in [0.4, 0.5) is 0 Å². The van der Waals surface area contributed by atoms with E-state index in [1.807, 2.05) is 23.0 Å². The Morgan fingerprint density at radius 2 is 1.92 bits per heavy atom. The van der Waals surface area contributed by atoms with Gasteiger partial charge >= 0.3 is 0 Å². The van der Waals surface area contributed by atoms with Crippen LogP contribution in [0.15, 0.2) is 53.9 Å². The number of aryl methyl sites for hydroxylation is 1. The van der Waals surface area contributed by atoms with E-state index >= 15 is 0 Å². The van der Waals surface area contributed by atoms with Gasteiger partial charge in [-0.15, -0.1) is 0 Å². The molecule has 0 saturated carbocycles. The molecule has 132 valence electrons. The maximum absolute atomic E-state index is 5.68. The van der Waals surface area contributed by atoms with Crippen LogP contribution in [0.2, 0.25) is 0 Å². The maximum Gasteiger partial charge on any atom is 0.145 e. The van der Waals surface area contributed by atoms with Gasteiger partial charge in [-0.2, -0.15) is 5.10 Å². The largest absolute Gasteiger partial charge is 0.390 e. The zero-order valence-corrected chi connectivity index (χ0v) is 14.6. The van der Waals surface area contributed by atoms with Gasteiger partial charge in [0.2, 0.25) is 0 Å². The summed E-state index contributed by atoms with van der Waals surface area (Å²) >= 11 is 0. The van der Waals surface area contributed by atoms with Crippen molar-refractivity contribution >= 4 is 5.71 Å². The summed E-state index contributed by atoms with van der Waals surface area (Å²) in [5.74, 6) is 0.820. The molecule has 3 heterocycles. The molecule has 2 aliphatic rings. The predicted molar refractivity (Wildman–Crippen MR) is 98.5 cm³/mol. The van der Waals surface area contributed by atoms with Crippen molar-refractivity contribution in [2.24, 2.45) is 11.1 Å². The molecule has 1 atom stereocenters. The van der Waals surface area contributed by atoms with E-state index in [1.165, 1.54) is 37.9 Å². The van der Waals surface area contributed by atoms with Crippen molar-refractivity contribution in [3.63, 3.8) is 0 Å². The highest BCUT2D eigenvalue weighted by Crippen LogP contribution is 2.23. The molecular formula is C20H26N4O. The second-order valence-corrected chi connectivity index (χ2v) is 7.14. The van der Waals surface area contributed by atoms with E-state index < -0.39 is 0 Å².